The van der Waals surface area contributed by atoms with E-state index in [1.54, 1.807) is 0 Å². The molecule has 0 radical (unpaired) electrons. The van der Waals surface area contributed by atoms with Crippen LogP contribution in [0.25, 0.3) is 0 Å². The van der Waals surface area contributed by atoms with Gasteiger partial charge in [0.15, 0.2) is 0 Å². The van der Waals surface area contributed by atoms with E-state index in [1.807, 2.05) is 31.2 Å². The van der Waals surface area contributed by atoms with E-state index in [0.717, 1.165) is 44.9 Å². The van der Waals surface area contributed by atoms with Crippen LogP contribution >= 0.6 is 0 Å². The summed E-state index contributed by atoms with van der Waals surface area (Å²) in [7, 11) is 0. The van der Waals surface area contributed by atoms with Gasteiger partial charge in [0.2, 0.25) is 0 Å². The molecule has 0 aliphatic carbocycles. The monoisotopic (exact) mass is 350 g/mol. The van der Waals surface area contributed by atoms with Crippen molar-refractivity contribution in [1.29, 1.82) is 5.26 Å². The molecule has 0 saturated carbocycles. The summed E-state index contributed by atoms with van der Waals surface area (Å²) in [6, 6.07) is 18.4. The Labute approximate surface area is 155 Å². The smallest absolute Gasteiger partial charge is 0.119 e. The summed E-state index contributed by atoms with van der Waals surface area (Å²) in [6.45, 7) is 5.98. The van der Waals surface area contributed by atoms with Gasteiger partial charge in [0.25, 0.3) is 0 Å². The van der Waals surface area contributed by atoms with Gasteiger partial charge < -0.3 is 14.8 Å². The van der Waals surface area contributed by atoms with Crippen LogP contribution in [0.2, 0.25) is 0 Å². The molecule has 1 N–H and O–H groups in total. The maximum Gasteiger partial charge on any atom is 0.119 e. The first kappa shape index (κ1) is 18.4. The largest absolute Gasteiger partial charge is 0.494 e. The standard InChI is InChI=1S/C22H26N2O2/c1-2-26-21-9-7-20(8-10-21)22(11-13-25-14-12-22)17-24-16-19-5-3-18(15-23)4-6-19/h3-10,24H,2,11-14,16-17H2,1H3. The van der Waals surface area contributed by atoms with E-state index in [9.17, 15) is 0 Å². The first-order valence-corrected chi connectivity index (χ1v) is 9.26. The SMILES string of the molecule is CCOc1ccc(C2(CNCc3ccc(C#N)cc3)CCOCC2)cc1. The highest BCUT2D eigenvalue weighted by Gasteiger charge is 2.34. The van der Waals surface area contributed by atoms with E-state index in [-0.39, 0.29) is 5.41 Å². The molecule has 0 aromatic heterocycles. The number of nitrogens with zero attached hydrogens (tertiary/aromatic N) is 1. The first-order valence-electron chi connectivity index (χ1n) is 9.26. The van der Waals surface area contributed by atoms with Crippen molar-refractivity contribution in [2.24, 2.45) is 0 Å². The summed E-state index contributed by atoms with van der Waals surface area (Å²) in [5, 5.41) is 12.5. The third kappa shape index (κ3) is 4.43. The van der Waals surface area contributed by atoms with Gasteiger partial charge in [-0.3, -0.25) is 0 Å². The maximum absolute atomic E-state index is 8.90. The number of ether oxygens (including phenoxy) is 2. The van der Waals surface area contributed by atoms with Crippen molar-refractivity contribution in [2.75, 3.05) is 26.4 Å². The van der Waals surface area contributed by atoms with Gasteiger partial charge in [-0.2, -0.15) is 5.26 Å². The summed E-state index contributed by atoms with van der Waals surface area (Å²) < 4.78 is 11.2. The Morgan fingerprint density at radius 1 is 1.08 bits per heavy atom. The predicted octanol–water partition coefficient (Wildman–Crippen LogP) is 3.79. The molecular formula is C22H26N2O2. The molecule has 1 saturated heterocycles. The number of nitriles is 1. The van der Waals surface area contributed by atoms with Crippen molar-refractivity contribution < 1.29 is 9.47 Å². The van der Waals surface area contributed by atoms with E-state index in [4.69, 9.17) is 14.7 Å². The molecule has 4 heteroatoms. The molecule has 1 aliphatic rings. The molecule has 4 nitrogen and oxygen atoms in total. The number of nitrogens with one attached hydrogen (secondary N) is 1. The Morgan fingerprint density at radius 2 is 1.77 bits per heavy atom. The van der Waals surface area contributed by atoms with Crippen LogP contribution in [0.4, 0.5) is 0 Å². The van der Waals surface area contributed by atoms with Gasteiger partial charge in [-0.15, -0.1) is 0 Å². The maximum atomic E-state index is 8.90. The number of hydrogen-bond acceptors (Lipinski definition) is 4. The van der Waals surface area contributed by atoms with Crippen molar-refractivity contribution in [3.63, 3.8) is 0 Å². The van der Waals surface area contributed by atoms with Gasteiger partial charge in [-0.05, 0) is 55.2 Å². The molecule has 2 aromatic rings. The lowest BCUT2D eigenvalue weighted by molar-refractivity contribution is 0.0497. The molecule has 0 spiro atoms. The Balaban J connectivity index is 1.67. The van der Waals surface area contributed by atoms with E-state index < -0.39 is 0 Å². The number of benzene rings is 2. The van der Waals surface area contributed by atoms with Crippen LogP contribution in [0, 0.1) is 11.3 Å². The summed E-state index contributed by atoms with van der Waals surface area (Å²) in [4.78, 5) is 0. The lowest BCUT2D eigenvalue weighted by atomic mass is 9.74. The molecule has 136 valence electrons. The van der Waals surface area contributed by atoms with Crippen molar-refractivity contribution in [1.82, 2.24) is 5.32 Å². The average molecular weight is 350 g/mol. The topological polar surface area (TPSA) is 54.3 Å². The summed E-state index contributed by atoms with van der Waals surface area (Å²) in [5.41, 5.74) is 3.33. The Kier molecular flexibility index (Phi) is 6.27. The van der Waals surface area contributed by atoms with Gasteiger partial charge in [-0.1, -0.05) is 24.3 Å². The summed E-state index contributed by atoms with van der Waals surface area (Å²) in [6.07, 6.45) is 2.03. The summed E-state index contributed by atoms with van der Waals surface area (Å²) >= 11 is 0. The second kappa shape index (κ2) is 8.84. The fourth-order valence-corrected chi connectivity index (χ4v) is 3.54. The zero-order valence-electron chi connectivity index (χ0n) is 15.3. The highest BCUT2D eigenvalue weighted by molar-refractivity contribution is 5.34. The van der Waals surface area contributed by atoms with Crippen molar-refractivity contribution in [2.45, 2.75) is 31.7 Å². The van der Waals surface area contributed by atoms with E-state index in [0.29, 0.717) is 12.2 Å². The third-order valence-electron chi connectivity index (χ3n) is 5.10. The fraction of sp³-hybridized carbons (Fsp3) is 0.409. The molecule has 1 heterocycles. The quantitative estimate of drug-likeness (QED) is 0.825. The molecular weight excluding hydrogens is 324 g/mol. The van der Waals surface area contributed by atoms with Gasteiger partial charge in [0.05, 0.1) is 18.2 Å². The van der Waals surface area contributed by atoms with Gasteiger partial charge in [-0.25, -0.2) is 0 Å². The zero-order valence-corrected chi connectivity index (χ0v) is 15.3. The van der Waals surface area contributed by atoms with E-state index in [1.165, 1.54) is 11.1 Å². The van der Waals surface area contributed by atoms with Crippen LogP contribution < -0.4 is 10.1 Å². The molecule has 3 rings (SSSR count). The van der Waals surface area contributed by atoms with Crippen LogP contribution in [-0.2, 0) is 16.7 Å². The van der Waals surface area contributed by atoms with Gasteiger partial charge in [0.1, 0.15) is 5.75 Å². The predicted molar refractivity (Wildman–Crippen MR) is 102 cm³/mol. The molecule has 1 fully saturated rings. The van der Waals surface area contributed by atoms with Crippen LogP contribution in [-0.4, -0.2) is 26.4 Å². The Bertz CT molecular complexity index is 726. The van der Waals surface area contributed by atoms with Crippen molar-refractivity contribution in [3.05, 3.63) is 65.2 Å². The lowest BCUT2D eigenvalue weighted by Gasteiger charge is -2.38. The molecule has 0 unspecified atom stereocenters. The normalized spacial score (nSPS) is 16.0. The van der Waals surface area contributed by atoms with Crippen LogP contribution in [0.1, 0.15) is 36.5 Å². The summed E-state index contributed by atoms with van der Waals surface area (Å²) in [5.74, 6) is 0.920. The third-order valence-corrected chi connectivity index (χ3v) is 5.10. The Morgan fingerprint density at radius 3 is 2.38 bits per heavy atom. The molecule has 0 bridgehead atoms. The van der Waals surface area contributed by atoms with Crippen LogP contribution in [0.5, 0.6) is 5.75 Å². The molecule has 1 aliphatic heterocycles. The van der Waals surface area contributed by atoms with Gasteiger partial charge in [0, 0.05) is 31.7 Å². The second-order valence-electron chi connectivity index (χ2n) is 6.76. The van der Waals surface area contributed by atoms with E-state index in [2.05, 4.69) is 35.7 Å². The zero-order chi connectivity index (χ0) is 18.2. The highest BCUT2D eigenvalue weighted by atomic mass is 16.5. The molecule has 2 aromatic carbocycles. The average Bonchev–Trinajstić information content (AvgIpc) is 2.70. The minimum absolute atomic E-state index is 0.0928. The lowest BCUT2D eigenvalue weighted by Crippen LogP contribution is -2.42. The minimum atomic E-state index is 0.0928. The number of rotatable bonds is 7. The fourth-order valence-electron chi connectivity index (χ4n) is 3.54. The van der Waals surface area contributed by atoms with Gasteiger partial charge >= 0.3 is 0 Å². The van der Waals surface area contributed by atoms with Crippen molar-refractivity contribution >= 4 is 0 Å². The first-order chi connectivity index (χ1) is 12.8. The molecule has 0 atom stereocenters. The molecule has 26 heavy (non-hydrogen) atoms. The number of hydrogen-bond donors (Lipinski definition) is 1. The molecule has 0 amide bonds. The Hall–Kier alpha value is -2.35. The van der Waals surface area contributed by atoms with E-state index >= 15 is 0 Å². The van der Waals surface area contributed by atoms with Crippen LogP contribution in [0.15, 0.2) is 48.5 Å². The minimum Gasteiger partial charge on any atom is -0.494 e. The highest BCUT2D eigenvalue weighted by Crippen LogP contribution is 2.35. The van der Waals surface area contributed by atoms with Crippen molar-refractivity contribution in [3.8, 4) is 11.8 Å². The second-order valence-corrected chi connectivity index (χ2v) is 6.76. The van der Waals surface area contributed by atoms with Crippen LogP contribution in [0.3, 0.4) is 0 Å².